The number of aliphatic hydroxyl groups excluding tert-OH is 1. The van der Waals surface area contributed by atoms with E-state index < -0.39 is 0 Å². The lowest BCUT2D eigenvalue weighted by Crippen LogP contribution is -2.42. The normalized spacial score (nSPS) is 16.0. The van der Waals surface area contributed by atoms with Gasteiger partial charge in [-0.25, -0.2) is 4.98 Å². The number of fused-ring (bicyclic) bond motifs is 1. The van der Waals surface area contributed by atoms with Crippen molar-refractivity contribution >= 4 is 22.4 Å². The SMILES string of the molecule is Cc1csc(NC(=O)[C@@H](C)N2CCOc3ccc(CO)cc3C2)n1. The standard InChI is InChI=1S/C17H21N3O3S/c1-11-10-24-17(18-11)19-16(22)12(2)20-5-6-23-15-4-3-13(9-21)7-14(15)8-20/h3-4,7,10,12,21H,5-6,8-9H2,1-2H3,(H,18,19,22)/t12-/m1/s1. The number of carbonyl (C=O) groups excluding carboxylic acids is 1. The Hall–Kier alpha value is -1.96. The third kappa shape index (κ3) is 3.75. The number of thiazole rings is 1. The number of hydrogen-bond donors (Lipinski definition) is 2. The van der Waals surface area contributed by atoms with Gasteiger partial charge in [-0.3, -0.25) is 9.69 Å². The molecule has 2 aromatic rings. The molecule has 0 aliphatic carbocycles. The third-order valence-electron chi connectivity index (χ3n) is 4.09. The monoisotopic (exact) mass is 347 g/mol. The van der Waals surface area contributed by atoms with Crippen LogP contribution in [-0.4, -0.2) is 40.1 Å². The van der Waals surface area contributed by atoms with E-state index in [1.807, 2.05) is 37.4 Å². The maximum atomic E-state index is 12.5. The van der Waals surface area contributed by atoms with Crippen molar-refractivity contribution in [3.8, 4) is 5.75 Å². The van der Waals surface area contributed by atoms with Crippen LogP contribution < -0.4 is 10.1 Å². The third-order valence-corrected chi connectivity index (χ3v) is 4.97. The summed E-state index contributed by atoms with van der Waals surface area (Å²) in [5, 5.41) is 14.7. The minimum absolute atomic E-state index is 0.00722. The predicted molar refractivity (Wildman–Crippen MR) is 93.2 cm³/mol. The van der Waals surface area contributed by atoms with Crippen LogP contribution in [0.5, 0.6) is 5.75 Å². The van der Waals surface area contributed by atoms with Gasteiger partial charge in [-0.05, 0) is 31.5 Å². The molecule has 1 atom stereocenters. The number of nitrogens with zero attached hydrogens (tertiary/aromatic N) is 2. The number of nitrogens with one attached hydrogen (secondary N) is 1. The highest BCUT2D eigenvalue weighted by atomic mass is 32.1. The fraction of sp³-hybridized carbons (Fsp3) is 0.412. The average Bonchev–Trinajstić information content (AvgIpc) is 2.87. The first-order chi connectivity index (χ1) is 11.6. The highest BCUT2D eigenvalue weighted by Gasteiger charge is 2.25. The Kier molecular flexibility index (Phi) is 5.13. The van der Waals surface area contributed by atoms with Crippen LogP contribution >= 0.6 is 11.3 Å². The first-order valence-corrected chi connectivity index (χ1v) is 8.77. The largest absolute Gasteiger partial charge is 0.492 e. The molecule has 0 saturated heterocycles. The molecule has 1 aliphatic rings. The molecule has 7 heteroatoms. The van der Waals surface area contributed by atoms with Crippen LogP contribution in [0.1, 0.15) is 23.7 Å². The fourth-order valence-corrected chi connectivity index (χ4v) is 3.37. The molecule has 6 nitrogen and oxygen atoms in total. The van der Waals surface area contributed by atoms with Crippen molar-refractivity contribution in [2.75, 3.05) is 18.5 Å². The van der Waals surface area contributed by atoms with Gasteiger partial charge in [-0.1, -0.05) is 6.07 Å². The number of aromatic nitrogens is 1. The van der Waals surface area contributed by atoms with E-state index in [9.17, 15) is 9.90 Å². The average molecular weight is 347 g/mol. The lowest BCUT2D eigenvalue weighted by molar-refractivity contribution is -0.121. The van der Waals surface area contributed by atoms with E-state index in [1.54, 1.807) is 0 Å². The van der Waals surface area contributed by atoms with Gasteiger partial charge in [-0.15, -0.1) is 11.3 Å². The summed E-state index contributed by atoms with van der Waals surface area (Å²) >= 11 is 1.43. The Labute approximate surface area is 145 Å². The topological polar surface area (TPSA) is 74.7 Å². The van der Waals surface area contributed by atoms with Crippen molar-refractivity contribution in [3.05, 3.63) is 40.4 Å². The molecule has 0 bridgehead atoms. The Bertz CT molecular complexity index is 732. The molecule has 128 valence electrons. The number of carbonyl (C=O) groups is 1. The van der Waals surface area contributed by atoms with Crippen molar-refractivity contribution in [2.24, 2.45) is 0 Å². The fourth-order valence-electron chi connectivity index (χ4n) is 2.68. The number of benzene rings is 1. The van der Waals surface area contributed by atoms with Crippen molar-refractivity contribution in [2.45, 2.75) is 33.0 Å². The van der Waals surface area contributed by atoms with E-state index in [0.717, 1.165) is 22.6 Å². The van der Waals surface area contributed by atoms with Gasteiger partial charge < -0.3 is 15.2 Å². The Balaban J connectivity index is 1.72. The zero-order chi connectivity index (χ0) is 17.1. The molecule has 24 heavy (non-hydrogen) atoms. The van der Waals surface area contributed by atoms with Crippen molar-refractivity contribution in [3.63, 3.8) is 0 Å². The zero-order valence-corrected chi connectivity index (χ0v) is 14.6. The van der Waals surface area contributed by atoms with Crippen LogP contribution in [0.15, 0.2) is 23.6 Å². The Morgan fingerprint density at radius 3 is 3.08 bits per heavy atom. The van der Waals surface area contributed by atoms with E-state index in [4.69, 9.17) is 4.74 Å². The summed E-state index contributed by atoms with van der Waals surface area (Å²) < 4.78 is 5.76. The number of amides is 1. The quantitative estimate of drug-likeness (QED) is 0.887. The summed E-state index contributed by atoms with van der Waals surface area (Å²) in [5.41, 5.74) is 2.73. The lowest BCUT2D eigenvalue weighted by Gasteiger charge is -2.25. The molecule has 0 saturated carbocycles. The summed E-state index contributed by atoms with van der Waals surface area (Å²) in [6, 6.07) is 5.37. The van der Waals surface area contributed by atoms with Crippen LogP contribution in [0.25, 0.3) is 0 Å². The van der Waals surface area contributed by atoms with E-state index in [0.29, 0.717) is 24.8 Å². The molecule has 1 aromatic heterocycles. The molecule has 1 aliphatic heterocycles. The summed E-state index contributed by atoms with van der Waals surface area (Å²) in [7, 11) is 0. The molecule has 2 N–H and O–H groups in total. The minimum atomic E-state index is -0.304. The number of ether oxygens (including phenoxy) is 1. The van der Waals surface area contributed by atoms with Crippen LogP contribution in [0, 0.1) is 6.92 Å². The summed E-state index contributed by atoms with van der Waals surface area (Å²) in [6.07, 6.45) is 0. The molecule has 3 rings (SSSR count). The van der Waals surface area contributed by atoms with Gasteiger partial charge >= 0.3 is 0 Å². The van der Waals surface area contributed by atoms with Crippen molar-refractivity contribution < 1.29 is 14.6 Å². The van der Waals surface area contributed by atoms with Crippen LogP contribution in [0.4, 0.5) is 5.13 Å². The second kappa shape index (κ2) is 7.29. The molecule has 1 amide bonds. The van der Waals surface area contributed by atoms with Gasteiger partial charge in [0.05, 0.1) is 18.3 Å². The van der Waals surface area contributed by atoms with Gasteiger partial charge in [0.15, 0.2) is 5.13 Å². The van der Waals surface area contributed by atoms with Gasteiger partial charge in [0.1, 0.15) is 12.4 Å². The van der Waals surface area contributed by atoms with Crippen LogP contribution in [0.2, 0.25) is 0 Å². The number of aliphatic hydroxyl groups is 1. The first-order valence-electron chi connectivity index (χ1n) is 7.89. The van der Waals surface area contributed by atoms with Crippen LogP contribution in [0.3, 0.4) is 0 Å². The molecule has 0 fully saturated rings. The van der Waals surface area contributed by atoms with Gasteiger partial charge in [-0.2, -0.15) is 0 Å². The van der Waals surface area contributed by atoms with Gasteiger partial charge in [0, 0.05) is 24.0 Å². The van der Waals surface area contributed by atoms with Crippen molar-refractivity contribution in [1.82, 2.24) is 9.88 Å². The summed E-state index contributed by atoms with van der Waals surface area (Å²) in [6.45, 7) is 5.57. The summed E-state index contributed by atoms with van der Waals surface area (Å²) in [5.74, 6) is 0.740. The van der Waals surface area contributed by atoms with Gasteiger partial charge in [0.2, 0.25) is 5.91 Å². The van der Waals surface area contributed by atoms with E-state index in [-0.39, 0.29) is 18.6 Å². The number of rotatable bonds is 4. The Morgan fingerprint density at radius 2 is 2.38 bits per heavy atom. The number of aryl methyl sites for hydroxylation is 1. The van der Waals surface area contributed by atoms with E-state index in [2.05, 4.69) is 15.2 Å². The predicted octanol–water partition coefficient (Wildman–Crippen LogP) is 2.17. The second-order valence-electron chi connectivity index (χ2n) is 5.88. The van der Waals surface area contributed by atoms with Crippen molar-refractivity contribution in [1.29, 1.82) is 0 Å². The maximum Gasteiger partial charge on any atom is 0.243 e. The van der Waals surface area contributed by atoms with Crippen LogP contribution in [-0.2, 0) is 17.9 Å². The maximum absolute atomic E-state index is 12.5. The smallest absolute Gasteiger partial charge is 0.243 e. The zero-order valence-electron chi connectivity index (χ0n) is 13.8. The first kappa shape index (κ1) is 16.9. The number of hydrogen-bond acceptors (Lipinski definition) is 6. The molecule has 0 unspecified atom stereocenters. The molecular formula is C17H21N3O3S. The number of anilines is 1. The molecule has 0 spiro atoms. The molecule has 2 heterocycles. The second-order valence-corrected chi connectivity index (χ2v) is 6.74. The molecule has 0 radical (unpaired) electrons. The minimum Gasteiger partial charge on any atom is -0.492 e. The summed E-state index contributed by atoms with van der Waals surface area (Å²) in [4.78, 5) is 18.8. The highest BCUT2D eigenvalue weighted by Crippen LogP contribution is 2.25. The Morgan fingerprint density at radius 1 is 1.54 bits per heavy atom. The van der Waals surface area contributed by atoms with E-state index >= 15 is 0 Å². The molecular weight excluding hydrogens is 326 g/mol. The lowest BCUT2D eigenvalue weighted by atomic mass is 10.1. The van der Waals surface area contributed by atoms with E-state index in [1.165, 1.54) is 11.3 Å². The van der Waals surface area contributed by atoms with Gasteiger partial charge in [0.25, 0.3) is 0 Å². The molecule has 1 aromatic carbocycles. The highest BCUT2D eigenvalue weighted by molar-refractivity contribution is 7.13.